The standard InChI is InChI=1S/C16H21N5O2/c1-12-9-15(20(2)19-12)18-16(22)11-21-8-5-14(10-21)23-13-3-6-17-7-4-13/h3-4,6-7,9,14H,5,8,10-11H2,1-2H3,(H,18,22)/t14-/m0/s1. The minimum absolute atomic E-state index is 0.0300. The molecule has 3 heterocycles. The van der Waals surface area contributed by atoms with Gasteiger partial charge in [-0.1, -0.05) is 0 Å². The van der Waals surface area contributed by atoms with E-state index in [1.165, 1.54) is 0 Å². The van der Waals surface area contributed by atoms with Gasteiger partial charge in [-0.15, -0.1) is 0 Å². The number of hydrogen-bond donors (Lipinski definition) is 1. The summed E-state index contributed by atoms with van der Waals surface area (Å²) in [4.78, 5) is 18.2. The summed E-state index contributed by atoms with van der Waals surface area (Å²) in [5.41, 5.74) is 0.884. The average Bonchev–Trinajstić information content (AvgIpc) is 3.06. The van der Waals surface area contributed by atoms with Crippen LogP contribution in [0.3, 0.4) is 0 Å². The Bertz CT molecular complexity index is 670. The molecule has 1 saturated heterocycles. The lowest BCUT2D eigenvalue weighted by molar-refractivity contribution is -0.117. The van der Waals surface area contributed by atoms with Gasteiger partial charge in [0.25, 0.3) is 0 Å². The smallest absolute Gasteiger partial charge is 0.239 e. The molecule has 0 unspecified atom stereocenters. The summed E-state index contributed by atoms with van der Waals surface area (Å²) in [7, 11) is 1.82. The van der Waals surface area contributed by atoms with Gasteiger partial charge in [-0.05, 0) is 25.5 Å². The highest BCUT2D eigenvalue weighted by Crippen LogP contribution is 2.17. The predicted octanol–water partition coefficient (Wildman–Crippen LogP) is 1.22. The van der Waals surface area contributed by atoms with Crippen molar-refractivity contribution in [2.75, 3.05) is 25.0 Å². The van der Waals surface area contributed by atoms with Crippen molar-refractivity contribution in [3.8, 4) is 5.75 Å². The number of aryl methyl sites for hydroxylation is 2. The number of aromatic nitrogens is 3. The van der Waals surface area contributed by atoms with Crippen molar-refractivity contribution in [2.24, 2.45) is 7.05 Å². The first-order valence-electron chi connectivity index (χ1n) is 7.69. The SMILES string of the molecule is Cc1cc(NC(=O)CN2CC[C@H](Oc3ccncc3)C2)n(C)n1. The Labute approximate surface area is 135 Å². The summed E-state index contributed by atoms with van der Waals surface area (Å²) in [6.07, 6.45) is 4.46. The third-order valence-electron chi connectivity index (χ3n) is 3.82. The van der Waals surface area contributed by atoms with E-state index in [-0.39, 0.29) is 12.0 Å². The topological polar surface area (TPSA) is 72.3 Å². The van der Waals surface area contributed by atoms with Crippen molar-refractivity contribution in [1.29, 1.82) is 0 Å². The molecule has 23 heavy (non-hydrogen) atoms. The van der Waals surface area contributed by atoms with Gasteiger partial charge >= 0.3 is 0 Å². The normalized spacial score (nSPS) is 18.1. The molecule has 0 saturated carbocycles. The molecule has 0 aliphatic carbocycles. The fraction of sp³-hybridized carbons (Fsp3) is 0.438. The maximum absolute atomic E-state index is 12.2. The van der Waals surface area contributed by atoms with Crippen LogP contribution in [0.1, 0.15) is 12.1 Å². The highest BCUT2D eigenvalue weighted by atomic mass is 16.5. The van der Waals surface area contributed by atoms with E-state index in [0.29, 0.717) is 6.54 Å². The highest BCUT2D eigenvalue weighted by Gasteiger charge is 2.25. The first kappa shape index (κ1) is 15.5. The van der Waals surface area contributed by atoms with E-state index in [2.05, 4.69) is 20.3 Å². The van der Waals surface area contributed by atoms with Crippen molar-refractivity contribution in [1.82, 2.24) is 19.7 Å². The van der Waals surface area contributed by atoms with E-state index in [9.17, 15) is 4.79 Å². The Balaban J connectivity index is 1.48. The number of likely N-dealkylation sites (tertiary alicyclic amines) is 1. The summed E-state index contributed by atoms with van der Waals surface area (Å²) in [5.74, 6) is 1.51. The summed E-state index contributed by atoms with van der Waals surface area (Å²) >= 11 is 0. The maximum Gasteiger partial charge on any atom is 0.239 e. The quantitative estimate of drug-likeness (QED) is 0.898. The second-order valence-corrected chi connectivity index (χ2v) is 5.79. The highest BCUT2D eigenvalue weighted by molar-refractivity contribution is 5.91. The summed E-state index contributed by atoms with van der Waals surface area (Å²) in [5, 5.41) is 7.11. The zero-order valence-electron chi connectivity index (χ0n) is 13.4. The Morgan fingerprint density at radius 3 is 2.91 bits per heavy atom. The van der Waals surface area contributed by atoms with Crippen LogP contribution in [0.15, 0.2) is 30.6 Å². The third-order valence-corrected chi connectivity index (χ3v) is 3.82. The maximum atomic E-state index is 12.2. The zero-order valence-corrected chi connectivity index (χ0v) is 13.4. The first-order chi connectivity index (χ1) is 11.1. The van der Waals surface area contributed by atoms with E-state index in [4.69, 9.17) is 4.74 Å². The molecule has 2 aromatic rings. The van der Waals surface area contributed by atoms with Crippen molar-refractivity contribution in [2.45, 2.75) is 19.4 Å². The van der Waals surface area contributed by atoms with Crippen LogP contribution < -0.4 is 10.1 Å². The molecule has 7 nitrogen and oxygen atoms in total. The molecule has 0 radical (unpaired) electrons. The number of carbonyl (C=O) groups is 1. The Kier molecular flexibility index (Phi) is 4.57. The average molecular weight is 315 g/mol. The van der Waals surface area contributed by atoms with E-state index in [1.807, 2.05) is 32.2 Å². The van der Waals surface area contributed by atoms with Gasteiger partial charge in [-0.3, -0.25) is 19.4 Å². The van der Waals surface area contributed by atoms with Gasteiger partial charge in [0.15, 0.2) is 0 Å². The van der Waals surface area contributed by atoms with Crippen LogP contribution in [0.4, 0.5) is 5.82 Å². The number of anilines is 1. The van der Waals surface area contributed by atoms with Crippen LogP contribution in [0.5, 0.6) is 5.75 Å². The molecule has 0 aromatic carbocycles. The third kappa shape index (κ3) is 4.07. The van der Waals surface area contributed by atoms with E-state index in [1.54, 1.807) is 17.1 Å². The zero-order chi connectivity index (χ0) is 16.2. The molecule has 2 aromatic heterocycles. The van der Waals surface area contributed by atoms with Gasteiger partial charge in [0.05, 0.1) is 12.2 Å². The van der Waals surface area contributed by atoms with Crippen LogP contribution >= 0.6 is 0 Å². The van der Waals surface area contributed by atoms with Gasteiger partial charge in [-0.2, -0.15) is 5.10 Å². The lowest BCUT2D eigenvalue weighted by atomic mass is 10.3. The number of ether oxygens (including phenoxy) is 1. The van der Waals surface area contributed by atoms with E-state index in [0.717, 1.165) is 36.8 Å². The van der Waals surface area contributed by atoms with Crippen LogP contribution in [0.2, 0.25) is 0 Å². The molecule has 0 spiro atoms. The van der Waals surface area contributed by atoms with Crippen molar-refractivity contribution < 1.29 is 9.53 Å². The molecule has 1 N–H and O–H groups in total. The number of amides is 1. The van der Waals surface area contributed by atoms with Crippen LogP contribution in [-0.4, -0.2) is 51.3 Å². The number of nitrogens with zero attached hydrogens (tertiary/aromatic N) is 4. The molecule has 1 aliphatic rings. The van der Waals surface area contributed by atoms with Gasteiger partial charge in [0.2, 0.25) is 5.91 Å². The number of rotatable bonds is 5. The fourth-order valence-electron chi connectivity index (χ4n) is 2.76. The Morgan fingerprint density at radius 2 is 2.22 bits per heavy atom. The number of pyridine rings is 1. The molecule has 7 heteroatoms. The predicted molar refractivity (Wildman–Crippen MR) is 86.3 cm³/mol. The summed E-state index contributed by atoms with van der Waals surface area (Å²) in [6.45, 7) is 3.87. The summed E-state index contributed by atoms with van der Waals surface area (Å²) < 4.78 is 7.57. The second kappa shape index (κ2) is 6.78. The van der Waals surface area contributed by atoms with Crippen molar-refractivity contribution in [3.63, 3.8) is 0 Å². The molecule has 1 amide bonds. The lowest BCUT2D eigenvalue weighted by Crippen LogP contribution is -2.33. The van der Waals surface area contributed by atoms with Gasteiger partial charge in [0, 0.05) is 38.6 Å². The van der Waals surface area contributed by atoms with Gasteiger partial charge in [0.1, 0.15) is 17.7 Å². The Hall–Kier alpha value is -2.41. The number of hydrogen-bond acceptors (Lipinski definition) is 5. The lowest BCUT2D eigenvalue weighted by Gasteiger charge is -2.16. The van der Waals surface area contributed by atoms with Crippen LogP contribution in [-0.2, 0) is 11.8 Å². The largest absolute Gasteiger partial charge is 0.489 e. The molecule has 1 atom stereocenters. The number of carbonyl (C=O) groups excluding carboxylic acids is 1. The second-order valence-electron chi connectivity index (χ2n) is 5.79. The van der Waals surface area contributed by atoms with Gasteiger partial charge in [-0.25, -0.2) is 0 Å². The van der Waals surface area contributed by atoms with E-state index >= 15 is 0 Å². The molecule has 1 aliphatic heterocycles. The molecule has 3 rings (SSSR count). The first-order valence-corrected chi connectivity index (χ1v) is 7.69. The number of nitrogens with one attached hydrogen (secondary N) is 1. The molecule has 122 valence electrons. The Morgan fingerprint density at radius 1 is 1.43 bits per heavy atom. The van der Waals surface area contributed by atoms with E-state index < -0.39 is 0 Å². The van der Waals surface area contributed by atoms with Crippen LogP contribution in [0.25, 0.3) is 0 Å². The van der Waals surface area contributed by atoms with Crippen molar-refractivity contribution >= 4 is 11.7 Å². The monoisotopic (exact) mass is 315 g/mol. The molecule has 0 bridgehead atoms. The van der Waals surface area contributed by atoms with Crippen molar-refractivity contribution in [3.05, 3.63) is 36.3 Å². The minimum Gasteiger partial charge on any atom is -0.489 e. The van der Waals surface area contributed by atoms with Gasteiger partial charge < -0.3 is 10.1 Å². The molecular formula is C16H21N5O2. The minimum atomic E-state index is -0.0300. The molecule has 1 fully saturated rings. The molecular weight excluding hydrogens is 294 g/mol. The summed E-state index contributed by atoms with van der Waals surface area (Å²) in [6, 6.07) is 5.55. The van der Waals surface area contributed by atoms with Crippen LogP contribution in [0, 0.1) is 6.92 Å². The fourth-order valence-corrected chi connectivity index (χ4v) is 2.76.